The largest absolute Gasteiger partial charge is 0.495 e. The van der Waals surface area contributed by atoms with Crippen molar-refractivity contribution in [2.45, 2.75) is 6.92 Å². The van der Waals surface area contributed by atoms with Gasteiger partial charge in [0.25, 0.3) is 0 Å². The highest BCUT2D eigenvalue weighted by molar-refractivity contribution is 7.80. The summed E-state index contributed by atoms with van der Waals surface area (Å²) in [7, 11) is 1.68. The Labute approximate surface area is 107 Å². The van der Waals surface area contributed by atoms with E-state index in [9.17, 15) is 0 Å². The van der Waals surface area contributed by atoms with Crippen LogP contribution in [0.5, 0.6) is 5.75 Å². The number of thiocarbonyl (C=S) groups is 1. The molecule has 1 saturated heterocycles. The Hall–Kier alpha value is -1.33. The van der Waals surface area contributed by atoms with Gasteiger partial charge in [0.1, 0.15) is 5.75 Å². The number of ether oxygens (including phenoxy) is 1. The topological polar surface area (TPSA) is 27.7 Å². The Kier molecular flexibility index (Phi) is 3.81. The van der Waals surface area contributed by atoms with E-state index in [1.54, 1.807) is 7.11 Å². The van der Waals surface area contributed by atoms with Gasteiger partial charge in [-0.25, -0.2) is 0 Å². The van der Waals surface area contributed by atoms with Gasteiger partial charge in [0.05, 0.1) is 26.1 Å². The van der Waals surface area contributed by atoms with E-state index in [-0.39, 0.29) is 0 Å². The van der Waals surface area contributed by atoms with Crippen LogP contribution in [0.2, 0.25) is 0 Å². The molecule has 0 unspecified atom stereocenters. The van der Waals surface area contributed by atoms with Crippen molar-refractivity contribution in [3.05, 3.63) is 24.3 Å². The highest BCUT2D eigenvalue weighted by Gasteiger charge is 2.22. The molecular weight excluding hydrogens is 234 g/mol. The molecule has 1 aromatic rings. The molecule has 92 valence electrons. The second-order valence-corrected chi connectivity index (χ2v) is 4.26. The van der Waals surface area contributed by atoms with Crippen LogP contribution in [0.3, 0.4) is 0 Å². The molecule has 1 aliphatic rings. The number of nitrogens with one attached hydrogen (secondary N) is 1. The molecule has 0 amide bonds. The lowest BCUT2D eigenvalue weighted by atomic mass is 10.2. The maximum absolute atomic E-state index is 5.37. The van der Waals surface area contributed by atoms with Crippen LogP contribution in [0.1, 0.15) is 6.92 Å². The van der Waals surface area contributed by atoms with Gasteiger partial charge >= 0.3 is 0 Å². The van der Waals surface area contributed by atoms with Crippen molar-refractivity contribution in [2.75, 3.05) is 31.9 Å². The van der Waals surface area contributed by atoms with Crippen LogP contribution in [-0.2, 0) is 0 Å². The summed E-state index contributed by atoms with van der Waals surface area (Å²) in [4.78, 5) is 4.32. The zero-order valence-electron chi connectivity index (χ0n) is 10.1. The SMILES string of the molecule is CCN1CNC(=S)N(c2ccccc2OC)C1. The van der Waals surface area contributed by atoms with Crippen molar-refractivity contribution >= 4 is 23.0 Å². The molecule has 1 heterocycles. The summed E-state index contributed by atoms with van der Waals surface area (Å²) in [6, 6.07) is 7.92. The van der Waals surface area contributed by atoms with Gasteiger partial charge in [-0.1, -0.05) is 19.1 Å². The van der Waals surface area contributed by atoms with Crippen LogP contribution in [-0.4, -0.2) is 37.0 Å². The molecule has 0 atom stereocenters. The Morgan fingerprint density at radius 3 is 2.88 bits per heavy atom. The monoisotopic (exact) mass is 251 g/mol. The summed E-state index contributed by atoms with van der Waals surface area (Å²) in [6.45, 7) is 4.72. The molecule has 4 nitrogen and oxygen atoms in total. The summed E-state index contributed by atoms with van der Waals surface area (Å²) >= 11 is 5.35. The summed E-state index contributed by atoms with van der Waals surface area (Å²) in [5, 5.41) is 3.96. The number of rotatable bonds is 3. The third kappa shape index (κ3) is 2.50. The van der Waals surface area contributed by atoms with E-state index in [1.807, 2.05) is 24.3 Å². The molecule has 0 spiro atoms. The lowest BCUT2D eigenvalue weighted by Gasteiger charge is -2.37. The fourth-order valence-electron chi connectivity index (χ4n) is 1.84. The van der Waals surface area contributed by atoms with Crippen molar-refractivity contribution < 1.29 is 4.74 Å². The van der Waals surface area contributed by atoms with Crippen molar-refractivity contribution in [3.8, 4) is 5.75 Å². The van der Waals surface area contributed by atoms with Crippen molar-refractivity contribution in [2.24, 2.45) is 0 Å². The molecule has 2 rings (SSSR count). The third-order valence-electron chi connectivity index (χ3n) is 2.86. The lowest BCUT2D eigenvalue weighted by Crippen LogP contribution is -2.56. The summed E-state index contributed by atoms with van der Waals surface area (Å²) in [5.41, 5.74) is 1.01. The number of benzene rings is 1. The van der Waals surface area contributed by atoms with E-state index < -0.39 is 0 Å². The Morgan fingerprint density at radius 2 is 2.18 bits per heavy atom. The molecule has 0 aliphatic carbocycles. The minimum Gasteiger partial charge on any atom is -0.495 e. The zero-order chi connectivity index (χ0) is 12.3. The number of para-hydroxylation sites is 2. The lowest BCUT2D eigenvalue weighted by molar-refractivity contribution is 0.274. The molecule has 1 fully saturated rings. The van der Waals surface area contributed by atoms with Gasteiger partial charge < -0.3 is 15.0 Å². The third-order valence-corrected chi connectivity index (χ3v) is 3.23. The first-order valence-corrected chi connectivity index (χ1v) is 6.07. The molecule has 1 aromatic carbocycles. The van der Waals surface area contributed by atoms with Crippen LogP contribution in [0.15, 0.2) is 24.3 Å². The van der Waals surface area contributed by atoms with Gasteiger partial charge in [0, 0.05) is 0 Å². The Balaban J connectivity index is 2.27. The predicted molar refractivity (Wildman–Crippen MR) is 73.3 cm³/mol. The first-order valence-electron chi connectivity index (χ1n) is 5.67. The molecule has 0 aromatic heterocycles. The molecule has 0 saturated carbocycles. The van der Waals surface area contributed by atoms with Crippen LogP contribution in [0.4, 0.5) is 5.69 Å². The maximum atomic E-state index is 5.37. The molecular formula is C12H17N3OS. The van der Waals surface area contributed by atoms with Crippen LogP contribution >= 0.6 is 12.2 Å². The quantitative estimate of drug-likeness (QED) is 0.824. The molecule has 0 radical (unpaired) electrons. The molecule has 17 heavy (non-hydrogen) atoms. The second-order valence-electron chi connectivity index (χ2n) is 3.87. The number of methoxy groups -OCH3 is 1. The number of hydrogen-bond acceptors (Lipinski definition) is 3. The Bertz CT molecular complexity index is 410. The zero-order valence-corrected chi connectivity index (χ0v) is 11.0. The van der Waals surface area contributed by atoms with Crippen molar-refractivity contribution in [3.63, 3.8) is 0 Å². The molecule has 1 aliphatic heterocycles. The van der Waals surface area contributed by atoms with Gasteiger partial charge in [-0.15, -0.1) is 0 Å². The number of hydrogen-bond donors (Lipinski definition) is 1. The minimum atomic E-state index is 0.749. The van der Waals surface area contributed by atoms with E-state index in [0.717, 1.165) is 36.4 Å². The van der Waals surface area contributed by atoms with Crippen LogP contribution in [0.25, 0.3) is 0 Å². The molecule has 5 heteroatoms. The first-order chi connectivity index (χ1) is 8.26. The van der Waals surface area contributed by atoms with Gasteiger partial charge in [-0.3, -0.25) is 4.90 Å². The maximum Gasteiger partial charge on any atom is 0.175 e. The van der Waals surface area contributed by atoms with Crippen LogP contribution < -0.4 is 15.0 Å². The standard InChI is InChI=1S/C12H17N3OS/c1-3-14-8-13-12(17)15(9-14)10-6-4-5-7-11(10)16-2/h4-7H,3,8-9H2,1-2H3,(H,13,17). The number of nitrogens with zero attached hydrogens (tertiary/aromatic N) is 2. The summed E-state index contributed by atoms with van der Waals surface area (Å²) in [6.07, 6.45) is 0. The summed E-state index contributed by atoms with van der Waals surface area (Å²) < 4.78 is 5.37. The average molecular weight is 251 g/mol. The van der Waals surface area contributed by atoms with E-state index in [2.05, 4.69) is 22.0 Å². The van der Waals surface area contributed by atoms with Crippen molar-refractivity contribution in [1.82, 2.24) is 10.2 Å². The normalized spacial score (nSPS) is 16.8. The fourth-order valence-corrected chi connectivity index (χ4v) is 2.06. The fraction of sp³-hybridized carbons (Fsp3) is 0.417. The van der Waals surface area contributed by atoms with Gasteiger partial charge in [-0.2, -0.15) is 0 Å². The minimum absolute atomic E-state index is 0.749. The van der Waals surface area contributed by atoms with Gasteiger partial charge in [0.15, 0.2) is 5.11 Å². The van der Waals surface area contributed by atoms with Crippen LogP contribution in [0, 0.1) is 0 Å². The molecule has 0 bridgehead atoms. The van der Waals surface area contributed by atoms with E-state index in [4.69, 9.17) is 17.0 Å². The van der Waals surface area contributed by atoms with E-state index in [0.29, 0.717) is 0 Å². The van der Waals surface area contributed by atoms with Gasteiger partial charge in [-0.05, 0) is 30.9 Å². The smallest absolute Gasteiger partial charge is 0.175 e. The summed E-state index contributed by atoms with van der Waals surface area (Å²) in [5.74, 6) is 0.842. The Morgan fingerprint density at radius 1 is 1.41 bits per heavy atom. The van der Waals surface area contributed by atoms with Crippen molar-refractivity contribution in [1.29, 1.82) is 0 Å². The number of anilines is 1. The highest BCUT2D eigenvalue weighted by atomic mass is 32.1. The second kappa shape index (κ2) is 5.33. The molecule has 1 N–H and O–H groups in total. The predicted octanol–water partition coefficient (Wildman–Crippen LogP) is 1.63. The first kappa shape index (κ1) is 12.1. The van der Waals surface area contributed by atoms with E-state index >= 15 is 0 Å². The highest BCUT2D eigenvalue weighted by Crippen LogP contribution is 2.28. The van der Waals surface area contributed by atoms with Gasteiger partial charge in [0.2, 0.25) is 0 Å². The van der Waals surface area contributed by atoms with E-state index in [1.165, 1.54) is 0 Å². The average Bonchev–Trinajstić information content (AvgIpc) is 2.39.